The van der Waals surface area contributed by atoms with E-state index in [4.69, 9.17) is 11.6 Å². The molecule has 3 amide bonds. The van der Waals surface area contributed by atoms with Crippen molar-refractivity contribution < 1.29 is 19.1 Å². The van der Waals surface area contributed by atoms with Gasteiger partial charge in [0.2, 0.25) is 5.91 Å². The van der Waals surface area contributed by atoms with E-state index in [1.165, 1.54) is 18.9 Å². The molecule has 0 saturated carbocycles. The SMILES string of the molecule is COC(=O)CSCCC(=O)N1CCCN(C(=O)Nc2cccc(Cl)c2)CC1. The summed E-state index contributed by atoms with van der Waals surface area (Å²) in [7, 11) is 1.35. The smallest absolute Gasteiger partial charge is 0.321 e. The molecule has 0 bridgehead atoms. The van der Waals surface area contributed by atoms with E-state index in [1.54, 1.807) is 34.1 Å². The van der Waals surface area contributed by atoms with Crippen LogP contribution >= 0.6 is 23.4 Å². The Hall–Kier alpha value is -1.93. The molecule has 0 spiro atoms. The van der Waals surface area contributed by atoms with Crippen molar-refractivity contribution in [2.24, 2.45) is 0 Å². The lowest BCUT2D eigenvalue weighted by molar-refractivity contribution is -0.137. The molecular weight excluding hydrogens is 390 g/mol. The summed E-state index contributed by atoms with van der Waals surface area (Å²) in [6.07, 6.45) is 1.10. The second kappa shape index (κ2) is 11.0. The summed E-state index contributed by atoms with van der Waals surface area (Å²) < 4.78 is 4.57. The van der Waals surface area contributed by atoms with Gasteiger partial charge in [0, 0.05) is 49.1 Å². The monoisotopic (exact) mass is 413 g/mol. The number of benzene rings is 1. The Bertz CT molecular complexity index is 674. The van der Waals surface area contributed by atoms with Crippen LogP contribution < -0.4 is 5.32 Å². The van der Waals surface area contributed by atoms with Crippen molar-refractivity contribution in [1.82, 2.24) is 9.80 Å². The van der Waals surface area contributed by atoms with Crippen molar-refractivity contribution in [3.63, 3.8) is 0 Å². The Morgan fingerprint density at radius 3 is 2.67 bits per heavy atom. The highest BCUT2D eigenvalue weighted by molar-refractivity contribution is 7.99. The van der Waals surface area contributed by atoms with Gasteiger partial charge in [-0.15, -0.1) is 11.8 Å². The van der Waals surface area contributed by atoms with Crippen molar-refractivity contribution in [1.29, 1.82) is 0 Å². The fourth-order valence-electron chi connectivity index (χ4n) is 2.67. The zero-order valence-electron chi connectivity index (χ0n) is 15.3. The summed E-state index contributed by atoms with van der Waals surface area (Å²) in [5.74, 6) is 0.581. The normalized spacial score (nSPS) is 14.4. The fourth-order valence-corrected chi connectivity index (χ4v) is 3.61. The van der Waals surface area contributed by atoms with Gasteiger partial charge in [0.15, 0.2) is 0 Å². The number of amides is 3. The molecule has 0 atom stereocenters. The predicted octanol–water partition coefficient (Wildman–Crippen LogP) is 2.70. The van der Waals surface area contributed by atoms with Gasteiger partial charge in [0.1, 0.15) is 0 Å². The van der Waals surface area contributed by atoms with Crippen molar-refractivity contribution in [3.05, 3.63) is 29.3 Å². The number of nitrogens with one attached hydrogen (secondary N) is 1. The number of hydrogen-bond acceptors (Lipinski definition) is 5. The van der Waals surface area contributed by atoms with E-state index >= 15 is 0 Å². The zero-order valence-corrected chi connectivity index (χ0v) is 16.9. The molecule has 1 aliphatic rings. The molecule has 0 unspecified atom stereocenters. The zero-order chi connectivity index (χ0) is 19.6. The maximum absolute atomic E-state index is 12.4. The van der Waals surface area contributed by atoms with Gasteiger partial charge < -0.3 is 19.9 Å². The van der Waals surface area contributed by atoms with E-state index in [1.807, 2.05) is 0 Å². The first-order valence-electron chi connectivity index (χ1n) is 8.73. The van der Waals surface area contributed by atoms with Crippen LogP contribution in [0.3, 0.4) is 0 Å². The van der Waals surface area contributed by atoms with Crippen LogP contribution in [0.1, 0.15) is 12.8 Å². The molecule has 148 valence electrons. The van der Waals surface area contributed by atoms with E-state index in [-0.39, 0.29) is 23.7 Å². The number of esters is 1. The van der Waals surface area contributed by atoms with Gasteiger partial charge in [0.25, 0.3) is 0 Å². The summed E-state index contributed by atoms with van der Waals surface area (Å²) in [4.78, 5) is 39.3. The molecule has 1 aliphatic heterocycles. The van der Waals surface area contributed by atoms with Crippen LogP contribution in [0, 0.1) is 0 Å². The summed E-state index contributed by atoms with van der Waals surface area (Å²) in [5.41, 5.74) is 0.646. The Labute approximate surface area is 168 Å². The molecule has 1 aromatic carbocycles. The van der Waals surface area contributed by atoms with Crippen LogP contribution in [0.2, 0.25) is 5.02 Å². The summed E-state index contributed by atoms with van der Waals surface area (Å²) in [6.45, 7) is 2.20. The van der Waals surface area contributed by atoms with Gasteiger partial charge >= 0.3 is 12.0 Å². The van der Waals surface area contributed by atoms with Gasteiger partial charge in [0.05, 0.1) is 12.9 Å². The van der Waals surface area contributed by atoms with E-state index in [9.17, 15) is 14.4 Å². The van der Waals surface area contributed by atoms with E-state index < -0.39 is 0 Å². The van der Waals surface area contributed by atoms with Crippen LogP contribution in [0.4, 0.5) is 10.5 Å². The number of halogens is 1. The largest absolute Gasteiger partial charge is 0.468 e. The fraction of sp³-hybridized carbons (Fsp3) is 0.500. The molecule has 9 heteroatoms. The van der Waals surface area contributed by atoms with Crippen LogP contribution in [-0.4, -0.2) is 72.5 Å². The highest BCUT2D eigenvalue weighted by atomic mass is 35.5. The lowest BCUT2D eigenvalue weighted by atomic mass is 10.3. The Balaban J connectivity index is 1.76. The van der Waals surface area contributed by atoms with Gasteiger partial charge in [-0.1, -0.05) is 17.7 Å². The maximum Gasteiger partial charge on any atom is 0.321 e. The first kappa shape index (κ1) is 21.4. The predicted molar refractivity (Wildman–Crippen MR) is 107 cm³/mol. The minimum absolute atomic E-state index is 0.0458. The number of rotatable bonds is 6. The maximum atomic E-state index is 12.4. The van der Waals surface area contributed by atoms with E-state index in [0.29, 0.717) is 49.1 Å². The van der Waals surface area contributed by atoms with Gasteiger partial charge in [-0.05, 0) is 24.6 Å². The molecule has 27 heavy (non-hydrogen) atoms. The van der Waals surface area contributed by atoms with E-state index in [2.05, 4.69) is 10.1 Å². The average Bonchev–Trinajstić information content (AvgIpc) is 2.91. The van der Waals surface area contributed by atoms with Crippen LogP contribution in [0.5, 0.6) is 0 Å². The molecule has 1 aromatic rings. The number of nitrogens with zero attached hydrogens (tertiary/aromatic N) is 2. The Kier molecular flexibility index (Phi) is 8.74. The third-order valence-electron chi connectivity index (χ3n) is 4.12. The molecule has 1 saturated heterocycles. The molecule has 7 nitrogen and oxygen atoms in total. The number of ether oxygens (including phenoxy) is 1. The third-order valence-corrected chi connectivity index (χ3v) is 5.29. The van der Waals surface area contributed by atoms with Crippen molar-refractivity contribution >= 4 is 47.0 Å². The number of carbonyl (C=O) groups excluding carboxylic acids is 3. The van der Waals surface area contributed by atoms with Gasteiger partial charge in [-0.3, -0.25) is 9.59 Å². The first-order valence-corrected chi connectivity index (χ1v) is 10.3. The molecule has 1 N–H and O–H groups in total. The summed E-state index contributed by atoms with van der Waals surface area (Å²) >= 11 is 7.32. The third kappa shape index (κ3) is 7.30. The minimum atomic E-state index is -0.288. The number of methoxy groups -OCH3 is 1. The van der Waals surface area contributed by atoms with Crippen LogP contribution in [0.15, 0.2) is 24.3 Å². The number of hydrogen-bond donors (Lipinski definition) is 1. The Morgan fingerprint density at radius 1 is 1.19 bits per heavy atom. The lowest BCUT2D eigenvalue weighted by Gasteiger charge is -2.22. The highest BCUT2D eigenvalue weighted by Crippen LogP contribution is 2.16. The Morgan fingerprint density at radius 2 is 1.93 bits per heavy atom. The molecule has 0 aliphatic carbocycles. The van der Waals surface area contributed by atoms with Gasteiger partial charge in [-0.2, -0.15) is 0 Å². The first-order chi connectivity index (χ1) is 13.0. The average molecular weight is 414 g/mol. The molecule has 0 radical (unpaired) electrons. The van der Waals surface area contributed by atoms with E-state index in [0.717, 1.165) is 6.42 Å². The quantitative estimate of drug-likeness (QED) is 0.573. The number of urea groups is 1. The minimum Gasteiger partial charge on any atom is -0.468 e. The summed E-state index contributed by atoms with van der Waals surface area (Å²) in [5, 5.41) is 3.39. The van der Waals surface area contributed by atoms with Crippen molar-refractivity contribution in [2.45, 2.75) is 12.8 Å². The molecule has 0 aromatic heterocycles. The topological polar surface area (TPSA) is 79.0 Å². The summed E-state index contributed by atoms with van der Waals surface area (Å²) in [6, 6.07) is 6.80. The second-order valence-electron chi connectivity index (χ2n) is 6.04. The number of thioether (sulfide) groups is 1. The molecule has 1 fully saturated rings. The van der Waals surface area contributed by atoms with Crippen LogP contribution in [0.25, 0.3) is 0 Å². The van der Waals surface area contributed by atoms with Gasteiger partial charge in [-0.25, -0.2) is 4.79 Å². The standard InChI is InChI=1S/C18H24ClN3O4S/c1-26-17(24)13-27-11-6-16(23)21-7-3-8-22(10-9-21)18(25)20-15-5-2-4-14(19)12-15/h2,4-5,12H,3,6-11,13H2,1H3,(H,20,25). The number of carbonyl (C=O) groups is 3. The lowest BCUT2D eigenvalue weighted by Crippen LogP contribution is -2.39. The molecule has 1 heterocycles. The molecule has 2 rings (SSSR count). The molecular formula is C18H24ClN3O4S. The van der Waals surface area contributed by atoms with Crippen LogP contribution in [-0.2, 0) is 14.3 Å². The second-order valence-corrected chi connectivity index (χ2v) is 7.58. The van der Waals surface area contributed by atoms with Crippen molar-refractivity contribution in [2.75, 3.05) is 50.1 Å². The number of anilines is 1. The van der Waals surface area contributed by atoms with Crippen molar-refractivity contribution in [3.8, 4) is 0 Å². The highest BCUT2D eigenvalue weighted by Gasteiger charge is 2.22.